The van der Waals surface area contributed by atoms with Crippen molar-refractivity contribution in [3.8, 4) is 0 Å². The van der Waals surface area contributed by atoms with Crippen LogP contribution in [0.5, 0.6) is 0 Å². The van der Waals surface area contributed by atoms with Crippen LogP contribution >= 0.6 is 0 Å². The molecule has 0 spiro atoms. The minimum absolute atomic E-state index is 0.00621. The summed E-state index contributed by atoms with van der Waals surface area (Å²) in [5.74, 6) is 5.38. The number of anilines is 3. The van der Waals surface area contributed by atoms with Crippen LogP contribution < -0.4 is 16.2 Å². The van der Waals surface area contributed by atoms with Crippen molar-refractivity contribution in [2.45, 2.75) is 6.42 Å². The molecule has 3 N–H and O–H groups in total. The molecule has 1 heterocycles. The third-order valence-corrected chi connectivity index (χ3v) is 3.53. The van der Waals surface area contributed by atoms with Gasteiger partial charge in [-0.05, 0) is 30.2 Å². The summed E-state index contributed by atoms with van der Waals surface area (Å²) in [6.07, 6.45) is 0.883. The van der Waals surface area contributed by atoms with Gasteiger partial charge < -0.3 is 10.3 Å². The van der Waals surface area contributed by atoms with E-state index in [1.165, 1.54) is 5.56 Å². The summed E-state index contributed by atoms with van der Waals surface area (Å²) in [5, 5.41) is 11.4. The largest absolute Gasteiger partial charge is 0.335 e. The number of nitrogens with one attached hydrogen (secondary N) is 1. The van der Waals surface area contributed by atoms with Gasteiger partial charge in [-0.15, -0.1) is 0 Å². The lowest BCUT2D eigenvalue weighted by Crippen LogP contribution is -2.17. The number of fused-ring (bicyclic) bond motifs is 1. The van der Waals surface area contributed by atoms with Crippen LogP contribution in [-0.2, 0) is 6.42 Å². The lowest BCUT2D eigenvalue weighted by molar-refractivity contribution is -0.383. The highest BCUT2D eigenvalue weighted by Gasteiger charge is 2.28. The van der Waals surface area contributed by atoms with E-state index in [2.05, 4.69) is 5.43 Å². The zero-order valence-electron chi connectivity index (χ0n) is 10.7. The molecule has 2 aromatic rings. The van der Waals surface area contributed by atoms with Crippen molar-refractivity contribution in [2.75, 3.05) is 16.9 Å². The fourth-order valence-electron chi connectivity index (χ4n) is 2.65. The van der Waals surface area contributed by atoms with Gasteiger partial charge in [0, 0.05) is 12.2 Å². The molecule has 0 saturated heterocycles. The number of nitrogens with zero attached hydrogens (tertiary/aromatic N) is 2. The Balaban J connectivity index is 2.15. The van der Waals surface area contributed by atoms with Gasteiger partial charge in [-0.3, -0.25) is 16.0 Å². The number of hydrogen-bond donors (Lipinski definition) is 2. The number of nitrogen functional groups attached to an aromatic ring is 1. The second-order valence-corrected chi connectivity index (χ2v) is 4.61. The lowest BCUT2D eigenvalue weighted by Gasteiger charge is -2.20. The Kier molecular flexibility index (Phi) is 3.00. The maximum atomic E-state index is 11.4. The molecule has 0 radical (unpaired) electrons. The van der Waals surface area contributed by atoms with E-state index in [9.17, 15) is 10.1 Å². The second-order valence-electron chi connectivity index (χ2n) is 4.61. The van der Waals surface area contributed by atoms with Crippen LogP contribution in [-0.4, -0.2) is 11.5 Å². The third-order valence-electron chi connectivity index (χ3n) is 3.53. The van der Waals surface area contributed by atoms with E-state index >= 15 is 0 Å². The van der Waals surface area contributed by atoms with Crippen molar-refractivity contribution < 1.29 is 4.92 Å². The van der Waals surface area contributed by atoms with E-state index in [-0.39, 0.29) is 5.69 Å². The number of hydrazine groups is 1. The Labute approximate surface area is 115 Å². The fourth-order valence-corrected chi connectivity index (χ4v) is 2.65. The standard InChI is InChI=1S/C14H14N4O2/c15-16-11-5-3-7-13(14(11)18(19)20)17-9-8-10-4-1-2-6-12(10)17/h1-7,16H,8-9,15H2. The van der Waals surface area contributed by atoms with Gasteiger partial charge in [0.15, 0.2) is 0 Å². The quantitative estimate of drug-likeness (QED) is 0.508. The smallest absolute Gasteiger partial charge is 0.317 e. The van der Waals surface area contributed by atoms with Crippen molar-refractivity contribution in [2.24, 2.45) is 5.84 Å². The highest BCUT2D eigenvalue weighted by Crippen LogP contribution is 2.42. The zero-order valence-corrected chi connectivity index (χ0v) is 10.7. The highest BCUT2D eigenvalue weighted by molar-refractivity contribution is 5.82. The van der Waals surface area contributed by atoms with Crippen molar-refractivity contribution in [3.63, 3.8) is 0 Å². The SMILES string of the molecule is NNc1cccc(N2CCc3ccccc32)c1[N+](=O)[O-]. The first kappa shape index (κ1) is 12.4. The summed E-state index contributed by atoms with van der Waals surface area (Å²) in [7, 11) is 0. The molecule has 2 aromatic carbocycles. The Hall–Kier alpha value is -2.60. The van der Waals surface area contributed by atoms with Crippen LogP contribution in [0.1, 0.15) is 5.56 Å². The molecule has 0 unspecified atom stereocenters. The van der Waals surface area contributed by atoms with Crippen molar-refractivity contribution in [1.82, 2.24) is 0 Å². The Bertz CT molecular complexity index is 672. The first-order valence-electron chi connectivity index (χ1n) is 6.32. The van der Waals surface area contributed by atoms with E-state index in [0.29, 0.717) is 11.4 Å². The lowest BCUT2D eigenvalue weighted by atomic mass is 10.1. The van der Waals surface area contributed by atoms with E-state index in [4.69, 9.17) is 5.84 Å². The molecule has 0 aromatic heterocycles. The molecule has 20 heavy (non-hydrogen) atoms. The Morgan fingerprint density at radius 2 is 1.90 bits per heavy atom. The summed E-state index contributed by atoms with van der Waals surface area (Å²) in [6.45, 7) is 0.730. The van der Waals surface area contributed by atoms with Crippen molar-refractivity contribution in [3.05, 3.63) is 58.1 Å². The first-order chi connectivity index (χ1) is 9.72. The molecule has 3 rings (SSSR count). The summed E-state index contributed by atoms with van der Waals surface area (Å²) in [5.41, 5.74) is 5.50. The Morgan fingerprint density at radius 1 is 1.15 bits per heavy atom. The van der Waals surface area contributed by atoms with Gasteiger partial charge in [0.25, 0.3) is 0 Å². The molecule has 6 heteroatoms. The van der Waals surface area contributed by atoms with Crippen LogP contribution in [0.4, 0.5) is 22.7 Å². The van der Waals surface area contributed by atoms with Gasteiger partial charge in [0.1, 0.15) is 11.4 Å². The maximum Gasteiger partial charge on any atom is 0.317 e. The van der Waals surface area contributed by atoms with E-state index in [1.54, 1.807) is 18.2 Å². The first-order valence-corrected chi connectivity index (χ1v) is 6.32. The number of nitro benzene ring substituents is 1. The number of nitrogens with two attached hydrogens (primary N) is 1. The predicted molar refractivity (Wildman–Crippen MR) is 78.1 cm³/mol. The zero-order chi connectivity index (χ0) is 14.1. The predicted octanol–water partition coefficient (Wildman–Crippen LogP) is 2.57. The molecule has 0 saturated carbocycles. The molecular weight excluding hydrogens is 256 g/mol. The van der Waals surface area contributed by atoms with Gasteiger partial charge in [-0.2, -0.15) is 0 Å². The van der Waals surface area contributed by atoms with Crippen LogP contribution in [0.15, 0.2) is 42.5 Å². The Morgan fingerprint density at radius 3 is 2.65 bits per heavy atom. The van der Waals surface area contributed by atoms with E-state index < -0.39 is 4.92 Å². The van der Waals surface area contributed by atoms with Gasteiger partial charge in [-0.1, -0.05) is 24.3 Å². The molecule has 0 atom stereocenters. The fraction of sp³-hybridized carbons (Fsp3) is 0.143. The van der Waals surface area contributed by atoms with Crippen molar-refractivity contribution >= 4 is 22.7 Å². The average molecular weight is 270 g/mol. The molecule has 1 aliphatic heterocycles. The minimum atomic E-state index is -0.397. The van der Waals surface area contributed by atoms with Gasteiger partial charge >= 0.3 is 5.69 Å². The second kappa shape index (κ2) is 4.82. The molecule has 102 valence electrons. The van der Waals surface area contributed by atoms with E-state index in [1.807, 2.05) is 29.2 Å². The summed E-state index contributed by atoms with van der Waals surface area (Å²) < 4.78 is 0. The van der Waals surface area contributed by atoms with Crippen LogP contribution in [0.3, 0.4) is 0 Å². The summed E-state index contributed by atoms with van der Waals surface area (Å²) >= 11 is 0. The average Bonchev–Trinajstić information content (AvgIpc) is 2.90. The highest BCUT2D eigenvalue weighted by atomic mass is 16.6. The number of rotatable bonds is 3. The summed E-state index contributed by atoms with van der Waals surface area (Å²) in [4.78, 5) is 12.9. The van der Waals surface area contributed by atoms with Crippen LogP contribution in [0.25, 0.3) is 0 Å². The monoisotopic (exact) mass is 270 g/mol. The number of para-hydroxylation sites is 2. The molecule has 0 fully saturated rings. The molecule has 1 aliphatic rings. The molecule has 6 nitrogen and oxygen atoms in total. The molecular formula is C14H14N4O2. The number of nitro groups is 1. The van der Waals surface area contributed by atoms with Crippen molar-refractivity contribution in [1.29, 1.82) is 0 Å². The summed E-state index contributed by atoms with van der Waals surface area (Å²) in [6, 6.07) is 13.1. The topological polar surface area (TPSA) is 84.4 Å². The number of benzene rings is 2. The minimum Gasteiger partial charge on any atom is -0.335 e. The van der Waals surface area contributed by atoms with Gasteiger partial charge in [-0.25, -0.2) is 0 Å². The number of hydrogen-bond acceptors (Lipinski definition) is 5. The third kappa shape index (κ3) is 1.86. The molecule has 0 bridgehead atoms. The molecule has 0 aliphatic carbocycles. The van der Waals surface area contributed by atoms with Gasteiger partial charge in [0.2, 0.25) is 0 Å². The maximum absolute atomic E-state index is 11.4. The van der Waals surface area contributed by atoms with E-state index in [0.717, 1.165) is 18.7 Å². The van der Waals surface area contributed by atoms with Gasteiger partial charge in [0.05, 0.1) is 4.92 Å². The normalized spacial score (nSPS) is 13.2. The molecule has 0 amide bonds. The van der Waals surface area contributed by atoms with Crippen LogP contribution in [0.2, 0.25) is 0 Å². The van der Waals surface area contributed by atoms with Crippen LogP contribution in [0, 0.1) is 10.1 Å².